The Morgan fingerprint density at radius 2 is 2.17 bits per heavy atom. The minimum absolute atomic E-state index is 0.518. The van der Waals surface area contributed by atoms with Gasteiger partial charge in [0.25, 0.3) is 0 Å². The number of methoxy groups -OCH3 is 1. The number of aliphatic hydroxyl groups is 1. The molecule has 2 aromatic rings. The fourth-order valence-corrected chi connectivity index (χ4v) is 2.53. The van der Waals surface area contributed by atoms with Crippen molar-refractivity contribution >= 4 is 11.3 Å². The Labute approximate surface area is 111 Å². The lowest BCUT2D eigenvalue weighted by Gasteiger charge is -2.14. The molecule has 2 rings (SSSR count). The van der Waals surface area contributed by atoms with E-state index in [2.05, 4.69) is 4.98 Å². The first kappa shape index (κ1) is 13.1. The maximum Gasteiger partial charge on any atom is 0.124 e. The molecule has 0 aliphatic rings. The number of aromatic nitrogens is 1. The van der Waals surface area contributed by atoms with Crippen molar-refractivity contribution in [3.05, 3.63) is 45.4 Å². The average molecular weight is 263 g/mol. The second-order valence-electron chi connectivity index (χ2n) is 4.32. The largest absolute Gasteiger partial charge is 0.496 e. The SMILES string of the molecule is COc1cc(C)ccc1C(O)Cc1csc(C)n1. The third kappa shape index (κ3) is 2.89. The number of hydrogen-bond donors (Lipinski definition) is 1. The summed E-state index contributed by atoms with van der Waals surface area (Å²) in [5.74, 6) is 0.731. The normalized spacial score (nSPS) is 12.4. The molecule has 0 radical (unpaired) electrons. The summed E-state index contributed by atoms with van der Waals surface area (Å²) in [6, 6.07) is 5.83. The monoisotopic (exact) mass is 263 g/mol. The average Bonchev–Trinajstić information content (AvgIpc) is 2.74. The zero-order valence-electron chi connectivity index (χ0n) is 10.8. The quantitative estimate of drug-likeness (QED) is 0.922. The van der Waals surface area contributed by atoms with E-state index in [0.29, 0.717) is 6.42 Å². The van der Waals surface area contributed by atoms with Crippen LogP contribution < -0.4 is 4.74 Å². The summed E-state index contributed by atoms with van der Waals surface area (Å²) in [5.41, 5.74) is 2.86. The first-order valence-electron chi connectivity index (χ1n) is 5.83. The number of thiazole rings is 1. The van der Waals surface area contributed by atoms with Crippen LogP contribution in [0.3, 0.4) is 0 Å². The van der Waals surface area contributed by atoms with E-state index >= 15 is 0 Å². The molecule has 0 saturated heterocycles. The molecular weight excluding hydrogens is 246 g/mol. The van der Waals surface area contributed by atoms with Gasteiger partial charge in [-0.3, -0.25) is 0 Å². The summed E-state index contributed by atoms with van der Waals surface area (Å²) in [6.45, 7) is 3.97. The van der Waals surface area contributed by atoms with Gasteiger partial charge in [0.2, 0.25) is 0 Å². The van der Waals surface area contributed by atoms with Gasteiger partial charge in [-0.15, -0.1) is 11.3 Å². The van der Waals surface area contributed by atoms with Crippen LogP contribution in [0.2, 0.25) is 0 Å². The molecule has 1 aromatic heterocycles. The first-order valence-corrected chi connectivity index (χ1v) is 6.71. The van der Waals surface area contributed by atoms with Gasteiger partial charge < -0.3 is 9.84 Å². The highest BCUT2D eigenvalue weighted by atomic mass is 32.1. The smallest absolute Gasteiger partial charge is 0.124 e. The van der Waals surface area contributed by atoms with Crippen molar-refractivity contribution in [2.45, 2.75) is 26.4 Å². The first-order chi connectivity index (χ1) is 8.60. The van der Waals surface area contributed by atoms with Crippen LogP contribution in [0.1, 0.15) is 27.9 Å². The molecule has 1 N–H and O–H groups in total. The number of rotatable bonds is 4. The second-order valence-corrected chi connectivity index (χ2v) is 5.39. The maximum atomic E-state index is 10.3. The predicted molar refractivity (Wildman–Crippen MR) is 73.2 cm³/mol. The van der Waals surface area contributed by atoms with Crippen LogP contribution >= 0.6 is 11.3 Å². The summed E-state index contributed by atoms with van der Waals surface area (Å²) in [5, 5.41) is 13.3. The van der Waals surface area contributed by atoms with Crippen LogP contribution in [0.25, 0.3) is 0 Å². The standard InChI is InChI=1S/C14H17NO2S/c1-9-4-5-12(14(6-9)17-3)13(16)7-11-8-18-10(2)15-11/h4-6,8,13,16H,7H2,1-3H3. The zero-order valence-corrected chi connectivity index (χ0v) is 11.6. The Hall–Kier alpha value is -1.39. The lowest BCUT2D eigenvalue weighted by atomic mass is 10.0. The molecule has 96 valence electrons. The van der Waals surface area contributed by atoms with Crippen molar-refractivity contribution in [1.29, 1.82) is 0 Å². The molecule has 18 heavy (non-hydrogen) atoms. The number of aryl methyl sites for hydroxylation is 2. The molecule has 0 aliphatic carbocycles. The summed E-state index contributed by atoms with van der Waals surface area (Å²) in [6.07, 6.45) is -0.0638. The topological polar surface area (TPSA) is 42.4 Å². The molecule has 0 fully saturated rings. The Morgan fingerprint density at radius 3 is 2.78 bits per heavy atom. The predicted octanol–water partition coefficient (Wildman–Crippen LogP) is 3.04. The third-order valence-electron chi connectivity index (χ3n) is 2.82. The van der Waals surface area contributed by atoms with Crippen LogP contribution in [0.5, 0.6) is 5.75 Å². The number of ether oxygens (including phenoxy) is 1. The van der Waals surface area contributed by atoms with Crippen LogP contribution in [-0.2, 0) is 6.42 Å². The summed E-state index contributed by atoms with van der Waals surface area (Å²) >= 11 is 1.60. The summed E-state index contributed by atoms with van der Waals surface area (Å²) < 4.78 is 5.31. The van der Waals surface area contributed by atoms with E-state index in [1.54, 1.807) is 18.4 Å². The van der Waals surface area contributed by atoms with Gasteiger partial charge in [-0.05, 0) is 25.5 Å². The highest BCUT2D eigenvalue weighted by Crippen LogP contribution is 2.28. The second kappa shape index (κ2) is 5.50. The van der Waals surface area contributed by atoms with E-state index in [0.717, 1.165) is 27.6 Å². The van der Waals surface area contributed by atoms with Crippen LogP contribution in [0, 0.1) is 13.8 Å². The van der Waals surface area contributed by atoms with E-state index in [1.807, 2.05) is 37.4 Å². The lowest BCUT2D eigenvalue weighted by Crippen LogP contribution is -2.04. The number of benzene rings is 1. The van der Waals surface area contributed by atoms with E-state index < -0.39 is 6.10 Å². The van der Waals surface area contributed by atoms with Gasteiger partial charge in [0.05, 0.1) is 23.9 Å². The van der Waals surface area contributed by atoms with E-state index in [1.165, 1.54) is 0 Å². The van der Waals surface area contributed by atoms with Crippen molar-refractivity contribution in [3.8, 4) is 5.75 Å². The minimum atomic E-state index is -0.581. The highest BCUT2D eigenvalue weighted by molar-refractivity contribution is 7.09. The Morgan fingerprint density at radius 1 is 1.39 bits per heavy atom. The van der Waals surface area contributed by atoms with Crippen LogP contribution in [0.15, 0.2) is 23.6 Å². The molecule has 3 nitrogen and oxygen atoms in total. The van der Waals surface area contributed by atoms with Crippen molar-refractivity contribution < 1.29 is 9.84 Å². The molecule has 1 heterocycles. The van der Waals surface area contributed by atoms with Crippen LogP contribution in [-0.4, -0.2) is 17.2 Å². The van der Waals surface area contributed by atoms with Gasteiger partial charge in [0, 0.05) is 17.4 Å². The van der Waals surface area contributed by atoms with Crippen molar-refractivity contribution in [1.82, 2.24) is 4.98 Å². The molecule has 0 amide bonds. The maximum absolute atomic E-state index is 10.3. The number of nitrogens with zero attached hydrogens (tertiary/aromatic N) is 1. The van der Waals surface area contributed by atoms with Gasteiger partial charge in [-0.2, -0.15) is 0 Å². The van der Waals surface area contributed by atoms with Gasteiger partial charge in [0.15, 0.2) is 0 Å². The lowest BCUT2D eigenvalue weighted by molar-refractivity contribution is 0.173. The summed E-state index contributed by atoms with van der Waals surface area (Å²) in [7, 11) is 1.62. The van der Waals surface area contributed by atoms with Gasteiger partial charge >= 0.3 is 0 Å². The van der Waals surface area contributed by atoms with Gasteiger partial charge in [-0.1, -0.05) is 12.1 Å². The molecular formula is C14H17NO2S. The Balaban J connectivity index is 2.20. The highest BCUT2D eigenvalue weighted by Gasteiger charge is 2.15. The molecule has 0 aliphatic heterocycles. The zero-order chi connectivity index (χ0) is 13.1. The molecule has 0 bridgehead atoms. The summed E-state index contributed by atoms with van der Waals surface area (Å²) in [4.78, 5) is 4.37. The molecule has 1 unspecified atom stereocenters. The molecule has 4 heteroatoms. The van der Waals surface area contributed by atoms with E-state index in [4.69, 9.17) is 4.74 Å². The van der Waals surface area contributed by atoms with E-state index in [9.17, 15) is 5.11 Å². The van der Waals surface area contributed by atoms with Gasteiger partial charge in [-0.25, -0.2) is 4.98 Å². The molecule has 0 saturated carbocycles. The van der Waals surface area contributed by atoms with Crippen molar-refractivity contribution in [3.63, 3.8) is 0 Å². The number of hydrogen-bond acceptors (Lipinski definition) is 4. The molecule has 1 aromatic carbocycles. The molecule has 1 atom stereocenters. The third-order valence-corrected chi connectivity index (χ3v) is 3.64. The molecule has 0 spiro atoms. The minimum Gasteiger partial charge on any atom is -0.496 e. The Kier molecular flexibility index (Phi) is 3.99. The van der Waals surface area contributed by atoms with Crippen molar-refractivity contribution in [2.75, 3.05) is 7.11 Å². The van der Waals surface area contributed by atoms with Crippen molar-refractivity contribution in [2.24, 2.45) is 0 Å². The number of aliphatic hydroxyl groups excluding tert-OH is 1. The Bertz CT molecular complexity index is 536. The fraction of sp³-hybridized carbons (Fsp3) is 0.357. The van der Waals surface area contributed by atoms with Crippen LogP contribution in [0.4, 0.5) is 0 Å². The van der Waals surface area contributed by atoms with E-state index in [-0.39, 0.29) is 0 Å². The van der Waals surface area contributed by atoms with Gasteiger partial charge in [0.1, 0.15) is 5.75 Å². The fourth-order valence-electron chi connectivity index (χ4n) is 1.90.